The van der Waals surface area contributed by atoms with Crippen LogP contribution in [0.25, 0.3) is 0 Å². The van der Waals surface area contributed by atoms with Crippen molar-refractivity contribution in [3.05, 3.63) is 0 Å². The van der Waals surface area contributed by atoms with Gasteiger partial charge in [0.15, 0.2) is 12.6 Å². The molecule has 282 valence electrons. The van der Waals surface area contributed by atoms with E-state index in [9.17, 15) is 70.9 Å². The summed E-state index contributed by atoms with van der Waals surface area (Å²) in [6.45, 7) is 4.62. The van der Waals surface area contributed by atoms with Gasteiger partial charge in [0.1, 0.15) is 67.1 Å². The maximum absolute atomic E-state index is 12.3. The zero-order valence-corrected chi connectivity index (χ0v) is 26.6. The van der Waals surface area contributed by atoms with Gasteiger partial charge < -0.3 is 95.6 Å². The van der Waals surface area contributed by atoms with Gasteiger partial charge in [0.05, 0.1) is 32.0 Å². The molecule has 3 heterocycles. The zero-order chi connectivity index (χ0) is 36.5. The fraction of sp³-hybridized carbons (Fsp3) is 0.926. The molecule has 16 atom stereocenters. The highest BCUT2D eigenvalue weighted by molar-refractivity contribution is 5.76. The molecule has 0 aromatic rings. The van der Waals surface area contributed by atoms with Crippen molar-refractivity contribution in [2.45, 2.75) is 125 Å². The van der Waals surface area contributed by atoms with E-state index in [1.807, 2.05) is 0 Å². The molecular formula is C27H50N2O19. The van der Waals surface area contributed by atoms with Gasteiger partial charge >= 0.3 is 5.97 Å². The first-order chi connectivity index (χ1) is 22.5. The first-order valence-electron chi connectivity index (χ1n) is 15.3. The number of carbonyl (C=O) groups excluding carboxylic acids is 1. The van der Waals surface area contributed by atoms with Gasteiger partial charge in [-0.1, -0.05) is 13.8 Å². The Morgan fingerprint density at radius 2 is 1.52 bits per heavy atom. The van der Waals surface area contributed by atoms with E-state index in [0.717, 1.165) is 20.0 Å². The number of aliphatic carboxylic acids is 1. The van der Waals surface area contributed by atoms with Crippen LogP contribution in [0.15, 0.2) is 0 Å². The SMILES string of the molecule is CC(=O)N[C@H]1[C@H]([C@H](O)[C@H](O)CO)O[C@@](OC[C@H]2O[C@@H](O[C@H]3[C@H](O)[C@@H](O)[C@H](O)O[C@@H]3CO)[C@H](O)[C@@H](O)[C@H]2O)(C(=O)O)C[C@@H]1O.CCNCC. The van der Waals surface area contributed by atoms with E-state index >= 15 is 0 Å². The first kappa shape index (κ1) is 42.4. The molecule has 3 aliphatic rings. The summed E-state index contributed by atoms with van der Waals surface area (Å²) in [6, 6.07) is -1.48. The van der Waals surface area contributed by atoms with Crippen LogP contribution in [0.5, 0.6) is 0 Å². The van der Waals surface area contributed by atoms with Crippen LogP contribution in [0.2, 0.25) is 0 Å². The van der Waals surface area contributed by atoms with Crippen molar-refractivity contribution < 1.29 is 94.6 Å². The van der Waals surface area contributed by atoms with E-state index in [1.54, 1.807) is 0 Å². The van der Waals surface area contributed by atoms with Gasteiger partial charge in [0.2, 0.25) is 5.91 Å². The molecule has 0 aromatic heterocycles. The number of ether oxygens (including phenoxy) is 5. The Morgan fingerprint density at radius 1 is 0.896 bits per heavy atom. The van der Waals surface area contributed by atoms with Crippen molar-refractivity contribution in [3.63, 3.8) is 0 Å². The number of hydrogen-bond donors (Lipinski definition) is 14. The van der Waals surface area contributed by atoms with Crippen LogP contribution in [0.4, 0.5) is 0 Å². The quantitative estimate of drug-likeness (QED) is 0.0845. The van der Waals surface area contributed by atoms with Gasteiger partial charge in [0.25, 0.3) is 5.79 Å². The van der Waals surface area contributed by atoms with E-state index in [4.69, 9.17) is 23.7 Å². The minimum atomic E-state index is -2.83. The Kier molecular flexibility index (Phi) is 16.8. The van der Waals surface area contributed by atoms with Crippen LogP contribution in [0.3, 0.4) is 0 Å². The predicted octanol–water partition coefficient (Wildman–Crippen LogP) is -7.61. The molecule has 48 heavy (non-hydrogen) atoms. The lowest BCUT2D eigenvalue weighted by atomic mass is 9.88. The van der Waals surface area contributed by atoms with Crippen LogP contribution in [-0.4, -0.2) is 204 Å². The van der Waals surface area contributed by atoms with E-state index in [0.29, 0.717) is 0 Å². The number of nitrogens with one attached hydrogen (secondary N) is 2. The molecule has 3 fully saturated rings. The van der Waals surface area contributed by atoms with E-state index < -0.39 is 136 Å². The molecular weight excluding hydrogens is 656 g/mol. The highest BCUT2D eigenvalue weighted by Crippen LogP contribution is 2.35. The molecule has 0 radical (unpaired) electrons. The molecule has 14 N–H and O–H groups in total. The lowest BCUT2D eigenvalue weighted by Gasteiger charge is -2.48. The molecule has 0 aromatic carbocycles. The average Bonchev–Trinajstić information content (AvgIpc) is 3.04. The average molecular weight is 707 g/mol. The third-order valence-electron chi connectivity index (χ3n) is 7.97. The van der Waals surface area contributed by atoms with Crippen LogP contribution >= 0.6 is 0 Å². The monoisotopic (exact) mass is 706 g/mol. The number of aliphatic hydroxyl groups is 11. The van der Waals surface area contributed by atoms with E-state index in [-0.39, 0.29) is 0 Å². The summed E-state index contributed by atoms with van der Waals surface area (Å²) in [5.74, 6) is -5.42. The summed E-state index contributed by atoms with van der Waals surface area (Å²) in [5, 5.41) is 127. The minimum Gasteiger partial charge on any atom is -0.477 e. The van der Waals surface area contributed by atoms with Gasteiger partial charge in [-0.15, -0.1) is 0 Å². The summed E-state index contributed by atoms with van der Waals surface area (Å²) in [5.41, 5.74) is 0. The predicted molar refractivity (Wildman–Crippen MR) is 154 cm³/mol. The Hall–Kier alpha value is -1.74. The Bertz CT molecular complexity index is 995. The summed E-state index contributed by atoms with van der Waals surface area (Å²) >= 11 is 0. The second kappa shape index (κ2) is 19.0. The Balaban J connectivity index is 0.00000149. The zero-order valence-electron chi connectivity index (χ0n) is 26.6. The smallest absolute Gasteiger partial charge is 0.364 e. The molecule has 21 heteroatoms. The van der Waals surface area contributed by atoms with Crippen molar-refractivity contribution in [2.75, 3.05) is 32.9 Å². The molecule has 1 amide bonds. The number of amides is 1. The van der Waals surface area contributed by atoms with Crippen molar-refractivity contribution >= 4 is 11.9 Å². The molecule has 0 saturated carbocycles. The van der Waals surface area contributed by atoms with Crippen LogP contribution in [0, 0.1) is 0 Å². The second-order valence-electron chi connectivity index (χ2n) is 11.5. The summed E-state index contributed by atoms with van der Waals surface area (Å²) in [6.07, 6.45) is -27.0. The topological polar surface area (TPSA) is 347 Å². The fourth-order valence-electron chi connectivity index (χ4n) is 5.30. The van der Waals surface area contributed by atoms with Gasteiger partial charge in [-0.25, -0.2) is 4.79 Å². The number of carboxylic acids is 1. The van der Waals surface area contributed by atoms with Crippen molar-refractivity contribution in [2.24, 2.45) is 0 Å². The van der Waals surface area contributed by atoms with Crippen molar-refractivity contribution in [3.8, 4) is 0 Å². The lowest BCUT2D eigenvalue weighted by Crippen LogP contribution is -2.68. The molecule has 21 nitrogen and oxygen atoms in total. The third-order valence-corrected chi connectivity index (χ3v) is 7.97. The highest BCUT2D eigenvalue weighted by atomic mass is 16.8. The molecule has 3 saturated heterocycles. The van der Waals surface area contributed by atoms with Crippen LogP contribution < -0.4 is 10.6 Å². The third kappa shape index (κ3) is 10.2. The number of carbonyl (C=O) groups is 2. The van der Waals surface area contributed by atoms with Crippen molar-refractivity contribution in [1.29, 1.82) is 0 Å². The van der Waals surface area contributed by atoms with Gasteiger partial charge in [0, 0.05) is 13.3 Å². The maximum Gasteiger partial charge on any atom is 0.364 e. The number of aliphatic hydroxyl groups excluding tert-OH is 11. The minimum absolute atomic E-state index is 0.719. The largest absolute Gasteiger partial charge is 0.477 e. The van der Waals surface area contributed by atoms with Crippen molar-refractivity contribution in [1.82, 2.24) is 10.6 Å². The fourth-order valence-corrected chi connectivity index (χ4v) is 5.30. The number of hydrogen-bond acceptors (Lipinski definition) is 19. The van der Waals surface area contributed by atoms with Gasteiger partial charge in [-0.3, -0.25) is 4.79 Å². The normalized spacial score (nSPS) is 41.4. The first-order valence-corrected chi connectivity index (χ1v) is 15.3. The molecule has 3 rings (SSSR count). The van der Waals surface area contributed by atoms with Crippen LogP contribution in [-0.2, 0) is 33.3 Å². The maximum atomic E-state index is 12.3. The molecule has 0 unspecified atom stereocenters. The molecule has 0 spiro atoms. The standard InChI is InChI=1S/C23H39NO19.C4H11N/c1-6(27)24-11-7(28)2-23(22(37)38,43-19(11)12(30)8(29)3-25)39-5-10-13(31)14(32)17(35)21(41-10)42-18-9(4-26)40-20(36)16(34)15(18)33;1-3-5-4-2/h7-21,25-26,28-36H,2-5H2,1H3,(H,24,27)(H,37,38);5H,3-4H2,1-2H3/t7-,8+,9+,10+,11+,12+,13-,14-,15+,16+,17+,18+,19+,20+,21-,23+;/m0./s1. The van der Waals surface area contributed by atoms with Gasteiger partial charge in [-0.05, 0) is 13.1 Å². The Morgan fingerprint density at radius 3 is 2.02 bits per heavy atom. The summed E-state index contributed by atoms with van der Waals surface area (Å²) < 4.78 is 26.7. The number of rotatable bonds is 13. The molecule has 3 aliphatic heterocycles. The lowest BCUT2D eigenvalue weighted by molar-refractivity contribution is -0.364. The van der Waals surface area contributed by atoms with E-state index in [2.05, 4.69) is 24.5 Å². The summed E-state index contributed by atoms with van der Waals surface area (Å²) in [4.78, 5) is 24.0. The highest BCUT2D eigenvalue weighted by Gasteiger charge is 2.57. The number of carboxylic acid groups (broad SMARTS) is 1. The Labute approximate surface area is 275 Å². The summed E-state index contributed by atoms with van der Waals surface area (Å²) in [7, 11) is 0. The van der Waals surface area contributed by atoms with Gasteiger partial charge in [-0.2, -0.15) is 0 Å². The van der Waals surface area contributed by atoms with Crippen LogP contribution in [0.1, 0.15) is 27.2 Å². The molecule has 0 aliphatic carbocycles. The van der Waals surface area contributed by atoms with E-state index in [1.165, 1.54) is 0 Å². The second-order valence-corrected chi connectivity index (χ2v) is 11.5. The molecule has 0 bridgehead atoms.